The molecule has 0 atom stereocenters. The van der Waals surface area contributed by atoms with Crippen molar-refractivity contribution in [1.82, 2.24) is 8.01 Å². The predicted molar refractivity (Wildman–Crippen MR) is 67.3 cm³/mol. The molecule has 82 valence electrons. The molecule has 1 aliphatic heterocycles. The lowest BCUT2D eigenvalue weighted by atomic mass is 10.2. The predicted octanol–water partition coefficient (Wildman–Crippen LogP) is 2.29. The lowest BCUT2D eigenvalue weighted by Gasteiger charge is -2.31. The highest BCUT2D eigenvalue weighted by Gasteiger charge is 2.15. The molecule has 0 amide bonds. The molecule has 0 radical (unpaired) electrons. The standard InChI is InChI=1S/C11H14FIN2/c12-11-4-2-1-3-10(11)9-14-5-7-15(13)8-6-14/h1-4H,5-9H2. The van der Waals surface area contributed by atoms with Crippen molar-refractivity contribution < 1.29 is 4.39 Å². The molecule has 0 bridgehead atoms. The number of rotatable bonds is 2. The van der Waals surface area contributed by atoms with Crippen molar-refractivity contribution >= 4 is 22.9 Å². The molecule has 1 aromatic rings. The fourth-order valence-corrected chi connectivity index (χ4v) is 2.18. The van der Waals surface area contributed by atoms with Gasteiger partial charge in [0.15, 0.2) is 0 Å². The number of benzene rings is 1. The molecule has 2 nitrogen and oxygen atoms in total. The minimum absolute atomic E-state index is 0.0885. The lowest BCUT2D eigenvalue weighted by molar-refractivity contribution is 0.196. The van der Waals surface area contributed by atoms with E-state index in [0.717, 1.165) is 38.3 Å². The molecule has 1 aliphatic rings. The number of halogens is 2. The molecule has 1 fully saturated rings. The van der Waals surface area contributed by atoms with Crippen LogP contribution in [-0.4, -0.2) is 34.2 Å². The lowest BCUT2D eigenvalue weighted by Crippen LogP contribution is -2.41. The average molecular weight is 320 g/mol. The fourth-order valence-electron chi connectivity index (χ4n) is 1.75. The van der Waals surface area contributed by atoms with Crippen molar-refractivity contribution in [3.05, 3.63) is 35.6 Å². The average Bonchev–Trinajstić information content (AvgIpc) is 2.25. The van der Waals surface area contributed by atoms with Gasteiger partial charge in [-0.3, -0.25) is 4.90 Å². The zero-order valence-corrected chi connectivity index (χ0v) is 10.7. The normalized spacial score (nSPS) is 19.3. The largest absolute Gasteiger partial charge is 0.296 e. The van der Waals surface area contributed by atoms with E-state index in [2.05, 4.69) is 30.9 Å². The van der Waals surface area contributed by atoms with Gasteiger partial charge in [0.2, 0.25) is 0 Å². The highest BCUT2D eigenvalue weighted by atomic mass is 127. The zero-order chi connectivity index (χ0) is 10.7. The van der Waals surface area contributed by atoms with Crippen molar-refractivity contribution in [3.8, 4) is 0 Å². The van der Waals surface area contributed by atoms with E-state index in [-0.39, 0.29) is 5.82 Å². The third kappa shape index (κ3) is 3.12. The molecule has 1 heterocycles. The van der Waals surface area contributed by atoms with Crippen LogP contribution >= 0.6 is 22.9 Å². The van der Waals surface area contributed by atoms with E-state index in [1.807, 2.05) is 12.1 Å². The molecule has 0 unspecified atom stereocenters. The SMILES string of the molecule is Fc1ccccc1CN1CCN(I)CC1. The number of hydrogen-bond acceptors (Lipinski definition) is 2. The van der Waals surface area contributed by atoms with Gasteiger partial charge < -0.3 is 0 Å². The molecule has 0 aromatic heterocycles. The molecule has 0 saturated carbocycles. The van der Waals surface area contributed by atoms with E-state index in [9.17, 15) is 4.39 Å². The third-order valence-corrected chi connectivity index (χ3v) is 3.63. The molecule has 0 N–H and O–H groups in total. The first-order valence-electron chi connectivity index (χ1n) is 5.12. The summed E-state index contributed by atoms with van der Waals surface area (Å²) in [6, 6.07) is 7.03. The van der Waals surface area contributed by atoms with Gasteiger partial charge in [-0.2, -0.15) is 0 Å². The van der Waals surface area contributed by atoms with Crippen LogP contribution in [0.25, 0.3) is 0 Å². The summed E-state index contributed by atoms with van der Waals surface area (Å²) in [6.45, 7) is 4.91. The van der Waals surface area contributed by atoms with Crippen LogP contribution in [0.1, 0.15) is 5.56 Å². The Bertz CT molecular complexity index is 324. The summed E-state index contributed by atoms with van der Waals surface area (Å²) in [5, 5.41) is 0. The van der Waals surface area contributed by atoms with Gasteiger partial charge in [0.25, 0.3) is 0 Å². The Kier molecular flexibility index (Phi) is 3.93. The number of hydrogen-bond donors (Lipinski definition) is 0. The first-order valence-corrected chi connectivity index (χ1v) is 6.08. The molecule has 0 spiro atoms. The van der Waals surface area contributed by atoms with E-state index >= 15 is 0 Å². The van der Waals surface area contributed by atoms with Crippen LogP contribution in [-0.2, 0) is 6.54 Å². The van der Waals surface area contributed by atoms with E-state index in [1.54, 1.807) is 6.07 Å². The molecule has 2 rings (SSSR count). The van der Waals surface area contributed by atoms with Crippen LogP contribution in [0, 0.1) is 5.82 Å². The molecule has 1 aromatic carbocycles. The Hall–Kier alpha value is -0.200. The Morgan fingerprint density at radius 1 is 1.13 bits per heavy atom. The maximum atomic E-state index is 13.4. The van der Waals surface area contributed by atoms with Gasteiger partial charge in [-0.25, -0.2) is 7.50 Å². The molecule has 4 heteroatoms. The molecular formula is C11H14FIN2. The second kappa shape index (κ2) is 5.23. The second-order valence-electron chi connectivity index (χ2n) is 3.78. The van der Waals surface area contributed by atoms with Crippen LogP contribution in [0.3, 0.4) is 0 Å². The number of nitrogens with zero attached hydrogens (tertiary/aromatic N) is 2. The van der Waals surface area contributed by atoms with E-state index in [4.69, 9.17) is 0 Å². The van der Waals surface area contributed by atoms with Crippen molar-refractivity contribution in [1.29, 1.82) is 0 Å². The first kappa shape index (κ1) is 11.3. The monoisotopic (exact) mass is 320 g/mol. The van der Waals surface area contributed by atoms with Crippen molar-refractivity contribution in [2.45, 2.75) is 6.54 Å². The number of piperazine rings is 1. The molecule has 0 aliphatic carbocycles. The highest BCUT2D eigenvalue weighted by Crippen LogP contribution is 2.13. The second-order valence-corrected chi connectivity index (χ2v) is 5.14. The molecule has 15 heavy (non-hydrogen) atoms. The van der Waals surface area contributed by atoms with E-state index < -0.39 is 0 Å². The maximum Gasteiger partial charge on any atom is 0.127 e. The summed E-state index contributed by atoms with van der Waals surface area (Å²) in [7, 11) is 0. The summed E-state index contributed by atoms with van der Waals surface area (Å²) < 4.78 is 15.7. The van der Waals surface area contributed by atoms with Crippen molar-refractivity contribution in [2.24, 2.45) is 0 Å². The van der Waals surface area contributed by atoms with Gasteiger partial charge in [0, 0.05) is 61.2 Å². The topological polar surface area (TPSA) is 6.48 Å². The van der Waals surface area contributed by atoms with Gasteiger partial charge in [0.1, 0.15) is 5.82 Å². The Labute approximate surface area is 104 Å². The van der Waals surface area contributed by atoms with Crippen LogP contribution < -0.4 is 0 Å². The van der Waals surface area contributed by atoms with Gasteiger partial charge >= 0.3 is 0 Å². The van der Waals surface area contributed by atoms with Gasteiger partial charge in [-0.1, -0.05) is 18.2 Å². The molecule has 1 saturated heterocycles. The highest BCUT2D eigenvalue weighted by molar-refractivity contribution is 14.1. The summed E-state index contributed by atoms with van der Waals surface area (Å²) in [5.41, 5.74) is 0.805. The van der Waals surface area contributed by atoms with Crippen LogP contribution in [0.5, 0.6) is 0 Å². The van der Waals surface area contributed by atoms with Gasteiger partial charge in [0.05, 0.1) is 0 Å². The van der Waals surface area contributed by atoms with Crippen molar-refractivity contribution in [3.63, 3.8) is 0 Å². The van der Waals surface area contributed by atoms with Crippen LogP contribution in [0.4, 0.5) is 4.39 Å². The first-order chi connectivity index (χ1) is 7.25. The van der Waals surface area contributed by atoms with E-state index in [1.165, 1.54) is 6.07 Å². The fraction of sp³-hybridized carbons (Fsp3) is 0.455. The van der Waals surface area contributed by atoms with E-state index in [0.29, 0.717) is 0 Å². The minimum atomic E-state index is -0.0885. The Morgan fingerprint density at radius 3 is 2.47 bits per heavy atom. The zero-order valence-electron chi connectivity index (χ0n) is 8.50. The minimum Gasteiger partial charge on any atom is -0.296 e. The van der Waals surface area contributed by atoms with Crippen LogP contribution in [0.2, 0.25) is 0 Å². The quantitative estimate of drug-likeness (QED) is 0.609. The van der Waals surface area contributed by atoms with Gasteiger partial charge in [-0.15, -0.1) is 0 Å². The summed E-state index contributed by atoms with van der Waals surface area (Å²) in [6.07, 6.45) is 0. The van der Waals surface area contributed by atoms with Gasteiger partial charge in [-0.05, 0) is 6.07 Å². The maximum absolute atomic E-state index is 13.4. The third-order valence-electron chi connectivity index (χ3n) is 2.67. The Balaban J connectivity index is 1.95. The smallest absolute Gasteiger partial charge is 0.127 e. The molecular weight excluding hydrogens is 306 g/mol. The van der Waals surface area contributed by atoms with Crippen LogP contribution in [0.15, 0.2) is 24.3 Å². The van der Waals surface area contributed by atoms with Crippen molar-refractivity contribution in [2.75, 3.05) is 26.2 Å². The Morgan fingerprint density at radius 2 is 1.80 bits per heavy atom. The summed E-state index contributed by atoms with van der Waals surface area (Å²) in [4.78, 5) is 2.30. The summed E-state index contributed by atoms with van der Waals surface area (Å²) >= 11 is 2.34. The summed E-state index contributed by atoms with van der Waals surface area (Å²) in [5.74, 6) is -0.0885.